The van der Waals surface area contributed by atoms with Crippen LogP contribution in [-0.2, 0) is 19.1 Å². The van der Waals surface area contributed by atoms with Gasteiger partial charge in [0.2, 0.25) is 11.8 Å². The lowest BCUT2D eigenvalue weighted by Gasteiger charge is -2.15. The molecule has 2 N–H and O–H groups in total. The summed E-state index contributed by atoms with van der Waals surface area (Å²) in [6, 6.07) is 11.5. The van der Waals surface area contributed by atoms with Crippen LogP contribution in [0.1, 0.15) is 18.1 Å². The van der Waals surface area contributed by atoms with Gasteiger partial charge in [-0.2, -0.15) is 0 Å². The summed E-state index contributed by atoms with van der Waals surface area (Å²) in [6.07, 6.45) is 3.01. The molecule has 0 heterocycles. The van der Waals surface area contributed by atoms with Crippen molar-refractivity contribution in [3.63, 3.8) is 0 Å². The third kappa shape index (κ3) is 7.50. The molecule has 2 aromatic carbocycles. The van der Waals surface area contributed by atoms with Gasteiger partial charge in [0.15, 0.2) is 6.61 Å². The maximum Gasteiger partial charge on any atom is 0.343 e. The van der Waals surface area contributed by atoms with Gasteiger partial charge in [-0.1, -0.05) is 12.1 Å². The standard InChI is InChI=1S/C23H26N2O6/c1-15-13-19(31-14-22(27)30-4)10-11-20(15)25-23(28)16(2)24-21(26)12-7-17-5-8-18(29-3)9-6-17/h5-13,16H,14H2,1-4H3,(H,24,26)(H,25,28). The van der Waals surface area contributed by atoms with Gasteiger partial charge in [0.1, 0.15) is 17.5 Å². The van der Waals surface area contributed by atoms with Gasteiger partial charge in [-0.25, -0.2) is 4.79 Å². The van der Waals surface area contributed by atoms with Crippen molar-refractivity contribution in [3.8, 4) is 11.5 Å². The van der Waals surface area contributed by atoms with E-state index in [1.807, 2.05) is 12.1 Å². The van der Waals surface area contributed by atoms with Crippen LogP contribution in [0, 0.1) is 6.92 Å². The van der Waals surface area contributed by atoms with Crippen molar-refractivity contribution in [1.82, 2.24) is 5.32 Å². The molecule has 1 unspecified atom stereocenters. The average Bonchev–Trinajstić information content (AvgIpc) is 2.77. The zero-order valence-electron chi connectivity index (χ0n) is 17.9. The van der Waals surface area contributed by atoms with Crippen LogP contribution in [0.5, 0.6) is 11.5 Å². The molecule has 0 radical (unpaired) electrons. The minimum absolute atomic E-state index is 0.200. The molecule has 0 aromatic heterocycles. The Bertz CT molecular complexity index is 953. The number of anilines is 1. The molecular weight excluding hydrogens is 400 g/mol. The van der Waals surface area contributed by atoms with E-state index in [1.54, 1.807) is 57.4 Å². The summed E-state index contributed by atoms with van der Waals surface area (Å²) in [7, 11) is 2.87. The van der Waals surface area contributed by atoms with Crippen molar-refractivity contribution in [1.29, 1.82) is 0 Å². The van der Waals surface area contributed by atoms with E-state index in [2.05, 4.69) is 15.4 Å². The van der Waals surface area contributed by atoms with Crippen LogP contribution in [0.25, 0.3) is 6.08 Å². The minimum Gasteiger partial charge on any atom is -0.497 e. The molecule has 2 amide bonds. The summed E-state index contributed by atoms with van der Waals surface area (Å²) in [4.78, 5) is 35.7. The first kappa shape index (κ1) is 23.5. The van der Waals surface area contributed by atoms with E-state index >= 15 is 0 Å². The molecule has 2 aromatic rings. The highest BCUT2D eigenvalue weighted by molar-refractivity contribution is 6.00. The smallest absolute Gasteiger partial charge is 0.343 e. The molecule has 0 aliphatic carbocycles. The molecule has 0 aliphatic rings. The van der Waals surface area contributed by atoms with Crippen molar-refractivity contribution < 1.29 is 28.6 Å². The average molecular weight is 426 g/mol. The number of nitrogens with one attached hydrogen (secondary N) is 2. The number of hydrogen-bond donors (Lipinski definition) is 2. The van der Waals surface area contributed by atoms with Crippen molar-refractivity contribution in [2.75, 3.05) is 26.1 Å². The Kier molecular flexibility index (Phi) is 8.63. The van der Waals surface area contributed by atoms with Crippen LogP contribution in [0.3, 0.4) is 0 Å². The first-order valence-electron chi connectivity index (χ1n) is 9.56. The number of rotatable bonds is 9. The Hall–Kier alpha value is -3.81. The molecule has 8 heteroatoms. The molecule has 164 valence electrons. The van der Waals surface area contributed by atoms with Gasteiger partial charge in [0.25, 0.3) is 0 Å². The largest absolute Gasteiger partial charge is 0.497 e. The van der Waals surface area contributed by atoms with Crippen molar-refractivity contribution in [3.05, 3.63) is 59.7 Å². The summed E-state index contributed by atoms with van der Waals surface area (Å²) in [5, 5.41) is 5.39. The lowest BCUT2D eigenvalue weighted by molar-refractivity contribution is -0.142. The Morgan fingerprint density at radius 3 is 2.32 bits per heavy atom. The molecule has 8 nitrogen and oxygen atoms in total. The fourth-order valence-corrected chi connectivity index (χ4v) is 2.52. The number of benzene rings is 2. The van der Waals surface area contributed by atoms with Crippen LogP contribution < -0.4 is 20.1 Å². The molecule has 0 saturated carbocycles. The van der Waals surface area contributed by atoms with Crippen LogP contribution in [0.15, 0.2) is 48.5 Å². The Labute approximate surface area is 181 Å². The Balaban J connectivity index is 1.88. The predicted molar refractivity (Wildman–Crippen MR) is 117 cm³/mol. The van der Waals surface area contributed by atoms with Gasteiger partial charge in [-0.3, -0.25) is 9.59 Å². The first-order chi connectivity index (χ1) is 14.8. The summed E-state index contributed by atoms with van der Waals surface area (Å²) in [5.74, 6) is -0.0314. The second-order valence-electron chi connectivity index (χ2n) is 6.67. The van der Waals surface area contributed by atoms with Gasteiger partial charge in [-0.05, 0) is 61.4 Å². The van der Waals surface area contributed by atoms with E-state index in [9.17, 15) is 14.4 Å². The van der Waals surface area contributed by atoms with E-state index < -0.39 is 12.0 Å². The SMILES string of the molecule is COC(=O)COc1ccc(NC(=O)C(C)NC(=O)C=Cc2ccc(OC)cc2)c(C)c1. The summed E-state index contributed by atoms with van der Waals surface area (Å²) >= 11 is 0. The number of aryl methyl sites for hydroxylation is 1. The maximum atomic E-state index is 12.4. The number of amides is 2. The fourth-order valence-electron chi connectivity index (χ4n) is 2.52. The van der Waals surface area contributed by atoms with Gasteiger partial charge < -0.3 is 24.8 Å². The van der Waals surface area contributed by atoms with Gasteiger partial charge in [-0.15, -0.1) is 0 Å². The quantitative estimate of drug-likeness (QED) is 0.472. The molecule has 0 spiro atoms. The molecule has 31 heavy (non-hydrogen) atoms. The maximum absolute atomic E-state index is 12.4. The topological polar surface area (TPSA) is 103 Å². The summed E-state index contributed by atoms with van der Waals surface area (Å²) in [6.45, 7) is 3.19. The molecule has 0 fully saturated rings. The third-order valence-corrected chi connectivity index (χ3v) is 4.34. The molecule has 2 rings (SSSR count). The summed E-state index contributed by atoms with van der Waals surface area (Å²) in [5.41, 5.74) is 2.15. The van der Waals surface area contributed by atoms with Crippen LogP contribution in [-0.4, -0.2) is 44.7 Å². The lowest BCUT2D eigenvalue weighted by atomic mass is 10.1. The number of esters is 1. The van der Waals surface area contributed by atoms with Crippen LogP contribution >= 0.6 is 0 Å². The highest BCUT2D eigenvalue weighted by Gasteiger charge is 2.15. The van der Waals surface area contributed by atoms with Crippen LogP contribution in [0.2, 0.25) is 0 Å². The van der Waals surface area contributed by atoms with E-state index in [0.29, 0.717) is 11.4 Å². The van der Waals surface area contributed by atoms with Crippen molar-refractivity contribution in [2.24, 2.45) is 0 Å². The first-order valence-corrected chi connectivity index (χ1v) is 9.56. The zero-order valence-corrected chi connectivity index (χ0v) is 17.9. The zero-order chi connectivity index (χ0) is 22.8. The van der Waals surface area contributed by atoms with E-state index in [1.165, 1.54) is 13.2 Å². The fraction of sp³-hybridized carbons (Fsp3) is 0.261. The number of carbonyl (C=O) groups excluding carboxylic acids is 3. The third-order valence-electron chi connectivity index (χ3n) is 4.34. The minimum atomic E-state index is -0.748. The Morgan fingerprint density at radius 2 is 1.71 bits per heavy atom. The Morgan fingerprint density at radius 1 is 1.03 bits per heavy atom. The number of ether oxygens (including phenoxy) is 3. The molecule has 0 saturated heterocycles. The monoisotopic (exact) mass is 426 g/mol. The molecule has 1 atom stereocenters. The van der Waals surface area contributed by atoms with Crippen LogP contribution in [0.4, 0.5) is 5.69 Å². The predicted octanol–water partition coefficient (Wildman–Crippen LogP) is 2.71. The lowest BCUT2D eigenvalue weighted by Crippen LogP contribution is -2.41. The van der Waals surface area contributed by atoms with Gasteiger partial charge in [0, 0.05) is 11.8 Å². The number of methoxy groups -OCH3 is 2. The van der Waals surface area contributed by atoms with Gasteiger partial charge in [0.05, 0.1) is 14.2 Å². The van der Waals surface area contributed by atoms with E-state index in [0.717, 1.165) is 16.9 Å². The second kappa shape index (κ2) is 11.4. The van der Waals surface area contributed by atoms with E-state index in [4.69, 9.17) is 9.47 Å². The number of carbonyl (C=O) groups is 3. The molecule has 0 aliphatic heterocycles. The van der Waals surface area contributed by atoms with Crippen molar-refractivity contribution >= 4 is 29.5 Å². The molecule has 0 bridgehead atoms. The van der Waals surface area contributed by atoms with Gasteiger partial charge >= 0.3 is 5.97 Å². The van der Waals surface area contributed by atoms with E-state index in [-0.39, 0.29) is 18.4 Å². The number of hydrogen-bond acceptors (Lipinski definition) is 6. The highest BCUT2D eigenvalue weighted by atomic mass is 16.6. The second-order valence-corrected chi connectivity index (χ2v) is 6.67. The highest BCUT2D eigenvalue weighted by Crippen LogP contribution is 2.21. The summed E-state index contributed by atoms with van der Waals surface area (Å²) < 4.78 is 14.9. The normalized spacial score (nSPS) is 11.5. The van der Waals surface area contributed by atoms with Crippen molar-refractivity contribution in [2.45, 2.75) is 19.9 Å². The molecular formula is C23H26N2O6.